The molecule has 2 aliphatic rings. The molecule has 5 rings (SSSR count). The van der Waals surface area contributed by atoms with Crippen LogP contribution in [0.2, 0.25) is 0 Å². The fourth-order valence-electron chi connectivity index (χ4n) is 4.61. The van der Waals surface area contributed by atoms with Gasteiger partial charge in [-0.3, -0.25) is 5.41 Å². The largest absolute Gasteiger partial charge is 0.384 e. The second kappa shape index (κ2) is 7.21. The normalized spacial score (nSPS) is 15.9. The zero-order valence-corrected chi connectivity index (χ0v) is 16.4. The Morgan fingerprint density at radius 3 is 2.59 bits per heavy atom. The molecular formula is C27H24N2. The molecule has 3 N–H and O–H groups in total. The summed E-state index contributed by atoms with van der Waals surface area (Å²) in [5.74, 6) is 0.113. The van der Waals surface area contributed by atoms with Gasteiger partial charge >= 0.3 is 0 Å². The molecule has 29 heavy (non-hydrogen) atoms. The molecule has 0 aromatic heterocycles. The molecule has 0 spiro atoms. The van der Waals surface area contributed by atoms with Crippen molar-refractivity contribution in [3.63, 3.8) is 0 Å². The highest BCUT2D eigenvalue weighted by Gasteiger charge is 2.19. The van der Waals surface area contributed by atoms with Crippen molar-refractivity contribution >= 4 is 22.2 Å². The summed E-state index contributed by atoms with van der Waals surface area (Å²) in [7, 11) is 0. The van der Waals surface area contributed by atoms with Gasteiger partial charge in [0.15, 0.2) is 0 Å². The number of amidine groups is 1. The molecule has 0 saturated heterocycles. The van der Waals surface area contributed by atoms with E-state index in [0.29, 0.717) is 0 Å². The summed E-state index contributed by atoms with van der Waals surface area (Å²) >= 11 is 0. The van der Waals surface area contributed by atoms with Gasteiger partial charge in [-0.05, 0) is 88.1 Å². The summed E-state index contributed by atoms with van der Waals surface area (Å²) in [5.41, 5.74) is 14.4. The van der Waals surface area contributed by atoms with E-state index in [9.17, 15) is 0 Å². The molecule has 0 atom stereocenters. The third-order valence-corrected chi connectivity index (χ3v) is 6.01. The Morgan fingerprint density at radius 1 is 0.862 bits per heavy atom. The first-order valence-electron chi connectivity index (χ1n) is 10.3. The van der Waals surface area contributed by atoms with E-state index in [1.165, 1.54) is 38.6 Å². The lowest BCUT2D eigenvalue weighted by atomic mass is 9.81. The molecule has 0 radical (unpaired) electrons. The Kier molecular flexibility index (Phi) is 4.40. The highest BCUT2D eigenvalue weighted by atomic mass is 14.7. The van der Waals surface area contributed by atoms with Crippen molar-refractivity contribution < 1.29 is 0 Å². The van der Waals surface area contributed by atoms with Gasteiger partial charge in [0.05, 0.1) is 0 Å². The lowest BCUT2D eigenvalue weighted by molar-refractivity contribution is 0.892. The fourth-order valence-corrected chi connectivity index (χ4v) is 4.61. The summed E-state index contributed by atoms with van der Waals surface area (Å²) in [6.07, 6.45) is 11.3. The Balaban J connectivity index is 1.72. The number of rotatable bonds is 3. The maximum atomic E-state index is 8.09. The molecule has 2 heteroatoms. The van der Waals surface area contributed by atoms with Crippen LogP contribution in [0.15, 0.2) is 90.0 Å². The summed E-state index contributed by atoms with van der Waals surface area (Å²) in [4.78, 5) is 0. The molecule has 0 saturated carbocycles. The van der Waals surface area contributed by atoms with E-state index in [-0.39, 0.29) is 5.84 Å². The number of hydrogen-bond donors (Lipinski definition) is 2. The Bertz CT molecular complexity index is 1220. The molecule has 0 aliphatic heterocycles. The van der Waals surface area contributed by atoms with Crippen molar-refractivity contribution in [1.29, 1.82) is 5.41 Å². The highest BCUT2D eigenvalue weighted by Crippen LogP contribution is 2.40. The first-order valence-corrected chi connectivity index (χ1v) is 10.3. The second-order valence-corrected chi connectivity index (χ2v) is 7.84. The summed E-state index contributed by atoms with van der Waals surface area (Å²) in [6, 6.07) is 21.3. The van der Waals surface area contributed by atoms with E-state index in [0.717, 1.165) is 36.8 Å². The van der Waals surface area contributed by atoms with E-state index >= 15 is 0 Å². The zero-order chi connectivity index (χ0) is 19.8. The number of nitrogen functional groups attached to an aromatic ring is 1. The minimum atomic E-state index is 0.113. The maximum Gasteiger partial charge on any atom is 0.122 e. The van der Waals surface area contributed by atoms with Gasteiger partial charge in [-0.1, -0.05) is 60.7 Å². The predicted octanol–water partition coefficient (Wildman–Crippen LogP) is 6.61. The van der Waals surface area contributed by atoms with Crippen LogP contribution in [0.1, 0.15) is 36.8 Å². The van der Waals surface area contributed by atoms with Gasteiger partial charge in [0.25, 0.3) is 0 Å². The number of hydrogen-bond acceptors (Lipinski definition) is 1. The van der Waals surface area contributed by atoms with Crippen molar-refractivity contribution in [2.45, 2.75) is 25.7 Å². The van der Waals surface area contributed by atoms with Gasteiger partial charge in [0.1, 0.15) is 5.84 Å². The number of benzene rings is 3. The van der Waals surface area contributed by atoms with Crippen molar-refractivity contribution in [3.8, 4) is 11.1 Å². The molecule has 0 unspecified atom stereocenters. The molecule has 3 aromatic carbocycles. The molecule has 0 fully saturated rings. The van der Waals surface area contributed by atoms with E-state index in [1.807, 2.05) is 6.07 Å². The lowest BCUT2D eigenvalue weighted by Crippen LogP contribution is -2.12. The first kappa shape index (κ1) is 17.7. The molecule has 2 aliphatic carbocycles. The SMILES string of the molecule is N=C(N)c1cc(C2=CCCC3=C2CCC=C3)cc(-c2cccc3ccccc23)c1. The number of allylic oxidation sites excluding steroid dienone is 6. The molecule has 0 amide bonds. The molecule has 0 heterocycles. The molecule has 2 nitrogen and oxygen atoms in total. The standard InChI is InChI=1S/C27H24N2/c28-27(29)22-16-20(25-13-5-9-18-7-1-3-11-23(18)25)15-21(17-22)26-14-6-10-19-8-2-4-12-24(19)26/h1-3,5,7-9,11,13-17H,4,6,10,12H2,(H3,28,29). The van der Waals surface area contributed by atoms with Crippen LogP contribution in [0.3, 0.4) is 0 Å². The van der Waals surface area contributed by atoms with E-state index in [2.05, 4.69) is 72.8 Å². The third kappa shape index (κ3) is 3.21. The molecule has 3 aromatic rings. The Morgan fingerprint density at radius 2 is 1.69 bits per heavy atom. The number of fused-ring (bicyclic) bond motifs is 1. The Labute approximate surface area is 171 Å². The number of nitrogens with two attached hydrogens (primary N) is 1. The predicted molar refractivity (Wildman–Crippen MR) is 123 cm³/mol. The van der Waals surface area contributed by atoms with Crippen LogP contribution in [0, 0.1) is 5.41 Å². The van der Waals surface area contributed by atoms with Gasteiger partial charge in [-0.2, -0.15) is 0 Å². The smallest absolute Gasteiger partial charge is 0.122 e. The molecule has 142 valence electrons. The van der Waals surface area contributed by atoms with E-state index in [1.54, 1.807) is 0 Å². The minimum absolute atomic E-state index is 0.113. The second-order valence-electron chi connectivity index (χ2n) is 7.84. The minimum Gasteiger partial charge on any atom is -0.384 e. The van der Waals surface area contributed by atoms with Gasteiger partial charge in [-0.25, -0.2) is 0 Å². The van der Waals surface area contributed by atoms with Gasteiger partial charge in [0.2, 0.25) is 0 Å². The van der Waals surface area contributed by atoms with Gasteiger partial charge in [-0.15, -0.1) is 0 Å². The van der Waals surface area contributed by atoms with Crippen LogP contribution < -0.4 is 5.73 Å². The lowest BCUT2D eigenvalue weighted by Gasteiger charge is -2.24. The van der Waals surface area contributed by atoms with E-state index < -0.39 is 0 Å². The van der Waals surface area contributed by atoms with Crippen LogP contribution in [0.5, 0.6) is 0 Å². The summed E-state index contributed by atoms with van der Waals surface area (Å²) in [6.45, 7) is 0. The zero-order valence-electron chi connectivity index (χ0n) is 16.4. The maximum absolute atomic E-state index is 8.09. The van der Waals surface area contributed by atoms with E-state index in [4.69, 9.17) is 11.1 Å². The average molecular weight is 377 g/mol. The molecular weight excluding hydrogens is 352 g/mol. The highest BCUT2D eigenvalue weighted by molar-refractivity contribution is 6.01. The van der Waals surface area contributed by atoms with Crippen LogP contribution in [-0.4, -0.2) is 5.84 Å². The van der Waals surface area contributed by atoms with Crippen molar-refractivity contribution in [2.24, 2.45) is 5.73 Å². The average Bonchev–Trinajstić information content (AvgIpc) is 2.78. The Hall–Kier alpha value is -3.39. The fraction of sp³-hybridized carbons (Fsp3) is 0.148. The van der Waals surface area contributed by atoms with Crippen LogP contribution >= 0.6 is 0 Å². The summed E-state index contributed by atoms with van der Waals surface area (Å²) < 4.78 is 0. The topological polar surface area (TPSA) is 49.9 Å². The van der Waals surface area contributed by atoms with Gasteiger partial charge in [0, 0.05) is 5.56 Å². The number of nitrogens with one attached hydrogen (secondary N) is 1. The van der Waals surface area contributed by atoms with Crippen molar-refractivity contribution in [1.82, 2.24) is 0 Å². The monoisotopic (exact) mass is 376 g/mol. The first-order chi connectivity index (χ1) is 14.2. The molecule has 0 bridgehead atoms. The van der Waals surface area contributed by atoms with Crippen LogP contribution in [0.25, 0.3) is 27.5 Å². The van der Waals surface area contributed by atoms with Crippen molar-refractivity contribution in [3.05, 3.63) is 101 Å². The van der Waals surface area contributed by atoms with Crippen molar-refractivity contribution in [2.75, 3.05) is 0 Å². The summed E-state index contributed by atoms with van der Waals surface area (Å²) in [5, 5.41) is 10.5. The third-order valence-electron chi connectivity index (χ3n) is 6.01. The van der Waals surface area contributed by atoms with Gasteiger partial charge < -0.3 is 5.73 Å². The van der Waals surface area contributed by atoms with Crippen LogP contribution in [-0.2, 0) is 0 Å². The van der Waals surface area contributed by atoms with Crippen LogP contribution in [0.4, 0.5) is 0 Å². The quantitative estimate of drug-likeness (QED) is 0.392.